The molecule has 1 unspecified atom stereocenters. The average molecular weight is 644 g/mol. The molecule has 248 valence electrons. The Hall–Kier alpha value is -3.26. The quantitative estimate of drug-likeness (QED) is 0.359. The van der Waals surface area contributed by atoms with Gasteiger partial charge in [-0.05, 0) is 92.6 Å². The van der Waals surface area contributed by atoms with Gasteiger partial charge in [-0.15, -0.1) is 11.3 Å². The molecule has 0 radical (unpaired) electrons. The molecule has 2 aliphatic heterocycles. The summed E-state index contributed by atoms with van der Waals surface area (Å²) in [4.78, 5) is 58.2. The van der Waals surface area contributed by atoms with Crippen molar-refractivity contribution in [2.45, 2.75) is 111 Å². The molecule has 10 nitrogen and oxygen atoms in total. The fourth-order valence-corrected chi connectivity index (χ4v) is 6.96. The first-order valence-corrected chi connectivity index (χ1v) is 16.8. The third-order valence-corrected chi connectivity index (χ3v) is 9.57. The van der Waals surface area contributed by atoms with Crippen LogP contribution in [0.3, 0.4) is 0 Å². The van der Waals surface area contributed by atoms with E-state index in [1.165, 1.54) is 0 Å². The number of amides is 3. The Morgan fingerprint density at radius 2 is 1.67 bits per heavy atom. The molecule has 1 aromatic heterocycles. The number of carboxylic acids is 1. The second-order valence-electron chi connectivity index (χ2n) is 15.2. The van der Waals surface area contributed by atoms with Crippen molar-refractivity contribution in [1.29, 1.82) is 0 Å². The molecule has 1 aliphatic carbocycles. The van der Waals surface area contributed by atoms with Crippen molar-refractivity contribution in [2.24, 2.45) is 17.3 Å². The zero-order valence-corrected chi connectivity index (χ0v) is 28.8. The number of carbonyl (C=O) groups is 4. The minimum atomic E-state index is -1.10. The topological polar surface area (TPSA) is 117 Å². The summed E-state index contributed by atoms with van der Waals surface area (Å²) in [5, 5.41) is 10.2. The molecule has 3 fully saturated rings. The van der Waals surface area contributed by atoms with Gasteiger partial charge in [-0.3, -0.25) is 4.79 Å². The molecule has 2 atom stereocenters. The van der Waals surface area contributed by atoms with E-state index in [9.17, 15) is 24.3 Å². The van der Waals surface area contributed by atoms with E-state index in [4.69, 9.17) is 9.47 Å². The third-order valence-electron chi connectivity index (χ3n) is 8.54. The summed E-state index contributed by atoms with van der Waals surface area (Å²) in [5.41, 5.74) is -1.41. The molecule has 3 heterocycles. The van der Waals surface area contributed by atoms with Crippen molar-refractivity contribution in [1.82, 2.24) is 9.80 Å². The SMILES string of the molecule is CC1CCC(C(=O)N(c2cc(C#CC(C)(C)C)sc2C(=O)O)[C@H]2CCN(C(=O)OC3(C)CCN(C(=O)OC(C)(C)C)C3)C2)CC1. The summed E-state index contributed by atoms with van der Waals surface area (Å²) in [6.45, 7) is 16.6. The molecule has 1 aromatic rings. The predicted molar refractivity (Wildman–Crippen MR) is 174 cm³/mol. The van der Waals surface area contributed by atoms with Crippen LogP contribution in [0.25, 0.3) is 0 Å². The van der Waals surface area contributed by atoms with Crippen LogP contribution in [0, 0.1) is 29.1 Å². The number of aromatic carboxylic acids is 1. The molecule has 3 aliphatic rings. The van der Waals surface area contributed by atoms with E-state index in [2.05, 4.69) is 18.8 Å². The zero-order chi connectivity index (χ0) is 33.3. The first-order chi connectivity index (χ1) is 20.8. The molecule has 1 saturated carbocycles. The minimum Gasteiger partial charge on any atom is -0.477 e. The number of carbonyl (C=O) groups excluding carboxylic acids is 3. The Morgan fingerprint density at radius 3 is 2.27 bits per heavy atom. The highest BCUT2D eigenvalue weighted by Crippen LogP contribution is 2.38. The van der Waals surface area contributed by atoms with Gasteiger partial charge in [0.25, 0.3) is 0 Å². The van der Waals surface area contributed by atoms with E-state index in [-0.39, 0.29) is 35.2 Å². The summed E-state index contributed by atoms with van der Waals surface area (Å²) >= 11 is 1.08. The first kappa shape index (κ1) is 34.6. The number of nitrogens with zero attached hydrogens (tertiary/aromatic N) is 3. The van der Waals surface area contributed by atoms with Gasteiger partial charge in [0.05, 0.1) is 23.2 Å². The number of ether oxygens (including phenoxy) is 2. The average Bonchev–Trinajstić information content (AvgIpc) is 3.66. The molecule has 0 spiro atoms. The lowest BCUT2D eigenvalue weighted by atomic mass is 9.82. The number of likely N-dealkylation sites (tertiary alicyclic amines) is 2. The standard InChI is InChI=1S/C34H49N3O7S/c1-22-9-11-23(12-10-22)28(38)37(26-19-25(13-15-32(2,3)4)45-27(26)29(39)40)24-14-17-35(20-24)30(41)44-34(8)16-18-36(21-34)31(42)43-33(5,6)7/h19,22-24H,9-12,14,16-18,20-21H2,1-8H3,(H,39,40)/t22?,23?,24-,34?/m0/s1. The lowest BCUT2D eigenvalue weighted by Crippen LogP contribution is -2.47. The summed E-state index contributed by atoms with van der Waals surface area (Å²) in [7, 11) is 0. The van der Waals surface area contributed by atoms with E-state index in [1.807, 2.05) is 48.5 Å². The summed E-state index contributed by atoms with van der Waals surface area (Å²) in [6.07, 6.45) is 3.43. The lowest BCUT2D eigenvalue weighted by Gasteiger charge is -2.35. The molecule has 1 N–H and O–H groups in total. The Kier molecular flexibility index (Phi) is 10.2. The van der Waals surface area contributed by atoms with Crippen LogP contribution < -0.4 is 4.90 Å². The highest BCUT2D eigenvalue weighted by atomic mass is 32.1. The van der Waals surface area contributed by atoms with E-state index >= 15 is 0 Å². The molecule has 0 aromatic carbocycles. The smallest absolute Gasteiger partial charge is 0.410 e. The Labute approximate surface area is 271 Å². The van der Waals surface area contributed by atoms with Crippen molar-refractivity contribution in [2.75, 3.05) is 31.1 Å². The van der Waals surface area contributed by atoms with Crippen LogP contribution in [0.4, 0.5) is 15.3 Å². The van der Waals surface area contributed by atoms with Crippen molar-refractivity contribution >= 4 is 41.1 Å². The molecule has 2 saturated heterocycles. The molecule has 0 bridgehead atoms. The maximum atomic E-state index is 14.2. The third kappa shape index (κ3) is 8.93. The lowest BCUT2D eigenvalue weighted by molar-refractivity contribution is -0.124. The van der Waals surface area contributed by atoms with Crippen molar-refractivity contribution in [3.05, 3.63) is 15.8 Å². The molecular weight excluding hydrogens is 594 g/mol. The highest BCUT2D eigenvalue weighted by molar-refractivity contribution is 7.15. The van der Waals surface area contributed by atoms with E-state index in [0.717, 1.165) is 37.0 Å². The van der Waals surface area contributed by atoms with Crippen LogP contribution in [-0.4, -0.2) is 82.4 Å². The second kappa shape index (κ2) is 13.2. The van der Waals surface area contributed by atoms with Crippen molar-refractivity contribution in [3.63, 3.8) is 0 Å². The summed E-state index contributed by atoms with van der Waals surface area (Å²) in [6, 6.07) is 1.32. The number of anilines is 1. The second-order valence-corrected chi connectivity index (χ2v) is 16.2. The van der Waals surface area contributed by atoms with Gasteiger partial charge in [-0.2, -0.15) is 0 Å². The van der Waals surface area contributed by atoms with Gasteiger partial charge < -0.3 is 29.3 Å². The monoisotopic (exact) mass is 643 g/mol. The Bertz CT molecular complexity index is 1360. The number of carboxylic acid groups (broad SMARTS) is 1. The Balaban J connectivity index is 1.54. The largest absolute Gasteiger partial charge is 0.477 e. The zero-order valence-electron chi connectivity index (χ0n) is 28.0. The number of thiophene rings is 1. The van der Waals surface area contributed by atoms with Gasteiger partial charge >= 0.3 is 18.2 Å². The van der Waals surface area contributed by atoms with Gasteiger partial charge in [0.1, 0.15) is 16.1 Å². The van der Waals surface area contributed by atoms with Crippen LogP contribution in [0.5, 0.6) is 0 Å². The van der Waals surface area contributed by atoms with Crippen molar-refractivity contribution in [3.8, 4) is 11.8 Å². The summed E-state index contributed by atoms with van der Waals surface area (Å²) in [5.74, 6) is 5.43. The molecular formula is C34H49N3O7S. The van der Waals surface area contributed by atoms with Crippen LogP contribution in [0.1, 0.15) is 108 Å². The predicted octanol–water partition coefficient (Wildman–Crippen LogP) is 6.61. The molecule has 4 rings (SSSR count). The minimum absolute atomic E-state index is 0.0764. The van der Waals surface area contributed by atoms with Crippen molar-refractivity contribution < 1.29 is 33.8 Å². The number of rotatable bonds is 5. The van der Waals surface area contributed by atoms with E-state index < -0.39 is 35.4 Å². The van der Waals surface area contributed by atoms with Gasteiger partial charge in [-0.25, -0.2) is 14.4 Å². The van der Waals surface area contributed by atoms with Crippen LogP contribution in [0.15, 0.2) is 6.07 Å². The van der Waals surface area contributed by atoms with Crippen LogP contribution in [0.2, 0.25) is 0 Å². The highest BCUT2D eigenvalue weighted by Gasteiger charge is 2.44. The van der Waals surface area contributed by atoms with Gasteiger partial charge in [-0.1, -0.05) is 18.8 Å². The number of hydrogen-bond acceptors (Lipinski definition) is 7. The molecule has 45 heavy (non-hydrogen) atoms. The normalized spacial score (nSPS) is 25.4. The maximum Gasteiger partial charge on any atom is 0.410 e. The van der Waals surface area contributed by atoms with Crippen LogP contribution in [-0.2, 0) is 14.3 Å². The van der Waals surface area contributed by atoms with Gasteiger partial charge in [0.15, 0.2) is 0 Å². The van der Waals surface area contributed by atoms with E-state index in [0.29, 0.717) is 42.4 Å². The fraction of sp³-hybridized carbons (Fsp3) is 0.706. The van der Waals surface area contributed by atoms with E-state index in [1.54, 1.807) is 20.8 Å². The van der Waals surface area contributed by atoms with Gasteiger partial charge in [0.2, 0.25) is 5.91 Å². The van der Waals surface area contributed by atoms with Crippen LogP contribution >= 0.6 is 11.3 Å². The molecule has 11 heteroatoms. The Morgan fingerprint density at radius 1 is 1.00 bits per heavy atom. The van der Waals surface area contributed by atoms with Gasteiger partial charge in [0, 0.05) is 37.4 Å². The number of hydrogen-bond donors (Lipinski definition) is 1. The maximum absolute atomic E-state index is 14.2. The first-order valence-electron chi connectivity index (χ1n) is 16.0. The molecule has 3 amide bonds. The fourth-order valence-electron chi connectivity index (χ4n) is 6.12. The summed E-state index contributed by atoms with van der Waals surface area (Å²) < 4.78 is 11.5.